The highest BCUT2D eigenvalue weighted by atomic mass is 32.1. The lowest BCUT2D eigenvalue weighted by molar-refractivity contribution is 1.29. The normalized spacial score (nSPS) is 11.5. The predicted octanol–water partition coefficient (Wildman–Crippen LogP) is 16.6. The van der Waals surface area contributed by atoms with Crippen LogP contribution in [-0.4, -0.2) is 0 Å². The van der Waals surface area contributed by atoms with Crippen molar-refractivity contribution in [2.45, 2.75) is 0 Å². The van der Waals surface area contributed by atoms with Gasteiger partial charge in [-0.1, -0.05) is 164 Å². The lowest BCUT2D eigenvalue weighted by atomic mass is 9.87. The Kier molecular flexibility index (Phi) is 8.28. The van der Waals surface area contributed by atoms with E-state index in [1.807, 2.05) is 22.7 Å². The lowest BCUT2D eigenvalue weighted by Crippen LogP contribution is -2.12. The molecule has 2 heterocycles. The van der Waals surface area contributed by atoms with E-state index in [0.29, 0.717) is 0 Å². The molecule has 0 radical (unpaired) electrons. The molecule has 0 N–H and O–H groups in total. The molecule has 268 valence electrons. The predicted molar refractivity (Wildman–Crippen MR) is 249 cm³/mol. The smallest absolute Gasteiger partial charge is 0.0546 e. The minimum Gasteiger partial charge on any atom is -0.310 e. The molecule has 0 amide bonds. The Bertz CT molecular complexity index is 3230. The molecule has 0 aliphatic heterocycles. The van der Waals surface area contributed by atoms with E-state index in [1.165, 1.54) is 84.9 Å². The molecular weight excluding hydrogens is 727 g/mol. The standard InChI is InChI=1S/C54H35NS2/c1-3-15-36(16-4-1)41-19-7-8-21-46(41)53-42(37-17-5-2-6-18-37)23-13-25-48(53)55(40-33-34-45-44-20-9-11-26-49(44)57-52(45)35-40)39-31-29-38(30-32-39)43-24-14-28-51-54(43)47-22-10-12-27-50(47)56-51/h1-35H. The topological polar surface area (TPSA) is 3.24 Å². The summed E-state index contributed by atoms with van der Waals surface area (Å²) >= 11 is 3.73. The average molecular weight is 762 g/mol. The Morgan fingerprint density at radius 3 is 1.58 bits per heavy atom. The van der Waals surface area contributed by atoms with Crippen molar-refractivity contribution in [2.75, 3.05) is 4.90 Å². The van der Waals surface area contributed by atoms with E-state index in [-0.39, 0.29) is 0 Å². The maximum absolute atomic E-state index is 2.47. The van der Waals surface area contributed by atoms with Crippen LogP contribution in [0.5, 0.6) is 0 Å². The van der Waals surface area contributed by atoms with Gasteiger partial charge in [-0.2, -0.15) is 0 Å². The Morgan fingerprint density at radius 1 is 0.298 bits per heavy atom. The zero-order valence-electron chi connectivity index (χ0n) is 31.0. The number of benzene rings is 9. The Balaban J connectivity index is 1.16. The van der Waals surface area contributed by atoms with Gasteiger partial charge in [-0.25, -0.2) is 0 Å². The quantitative estimate of drug-likeness (QED) is 0.156. The van der Waals surface area contributed by atoms with Gasteiger partial charge in [0, 0.05) is 57.3 Å². The minimum absolute atomic E-state index is 1.10. The van der Waals surface area contributed by atoms with Crippen molar-refractivity contribution in [3.05, 3.63) is 212 Å². The molecular formula is C54H35NS2. The van der Waals surface area contributed by atoms with Gasteiger partial charge in [0.15, 0.2) is 0 Å². The first-order chi connectivity index (χ1) is 28.3. The Morgan fingerprint density at radius 2 is 0.807 bits per heavy atom. The summed E-state index contributed by atoms with van der Waals surface area (Å²) in [4.78, 5) is 2.47. The van der Waals surface area contributed by atoms with Crippen LogP contribution in [0.1, 0.15) is 0 Å². The third-order valence-corrected chi connectivity index (χ3v) is 13.4. The van der Waals surface area contributed by atoms with Crippen LogP contribution < -0.4 is 4.90 Å². The van der Waals surface area contributed by atoms with Gasteiger partial charge in [0.25, 0.3) is 0 Å². The van der Waals surface area contributed by atoms with E-state index >= 15 is 0 Å². The number of rotatable bonds is 7. The molecule has 0 aliphatic rings. The molecule has 9 aromatic carbocycles. The van der Waals surface area contributed by atoms with E-state index in [2.05, 4.69) is 217 Å². The number of anilines is 3. The van der Waals surface area contributed by atoms with Gasteiger partial charge < -0.3 is 4.90 Å². The first kappa shape index (κ1) is 33.5. The van der Waals surface area contributed by atoms with Crippen molar-refractivity contribution >= 4 is 80.1 Å². The van der Waals surface area contributed by atoms with Gasteiger partial charge in [0.1, 0.15) is 0 Å². The molecule has 0 bridgehead atoms. The summed E-state index contributed by atoms with van der Waals surface area (Å²) in [6.45, 7) is 0. The summed E-state index contributed by atoms with van der Waals surface area (Å²) in [5.74, 6) is 0. The molecule has 2 aromatic heterocycles. The van der Waals surface area contributed by atoms with Gasteiger partial charge in [-0.3, -0.25) is 0 Å². The van der Waals surface area contributed by atoms with Crippen LogP contribution in [0.25, 0.3) is 84.9 Å². The number of hydrogen-bond donors (Lipinski definition) is 0. The molecule has 11 rings (SSSR count). The zero-order chi connectivity index (χ0) is 37.7. The fourth-order valence-corrected chi connectivity index (χ4v) is 10.8. The van der Waals surface area contributed by atoms with Crippen molar-refractivity contribution in [2.24, 2.45) is 0 Å². The molecule has 0 atom stereocenters. The highest BCUT2D eigenvalue weighted by molar-refractivity contribution is 7.26. The van der Waals surface area contributed by atoms with Crippen molar-refractivity contribution < 1.29 is 0 Å². The summed E-state index contributed by atoms with van der Waals surface area (Å²) < 4.78 is 5.22. The molecule has 3 heteroatoms. The molecule has 57 heavy (non-hydrogen) atoms. The van der Waals surface area contributed by atoms with E-state index in [0.717, 1.165) is 17.1 Å². The van der Waals surface area contributed by atoms with Crippen LogP contribution in [0.3, 0.4) is 0 Å². The molecule has 0 spiro atoms. The van der Waals surface area contributed by atoms with Crippen LogP contribution in [0.15, 0.2) is 212 Å². The molecule has 0 unspecified atom stereocenters. The zero-order valence-corrected chi connectivity index (χ0v) is 32.6. The van der Waals surface area contributed by atoms with Crippen LogP contribution in [0.4, 0.5) is 17.1 Å². The Hall–Kier alpha value is -6.78. The van der Waals surface area contributed by atoms with Crippen molar-refractivity contribution in [3.63, 3.8) is 0 Å². The number of thiophene rings is 2. The third kappa shape index (κ3) is 5.83. The second-order valence-corrected chi connectivity index (χ2v) is 16.6. The van der Waals surface area contributed by atoms with Crippen molar-refractivity contribution in [3.8, 4) is 44.5 Å². The summed E-state index contributed by atoms with van der Waals surface area (Å²) in [7, 11) is 0. The van der Waals surface area contributed by atoms with Gasteiger partial charge in [-0.05, 0) is 87.5 Å². The average Bonchev–Trinajstić information content (AvgIpc) is 3.86. The van der Waals surface area contributed by atoms with E-state index in [4.69, 9.17) is 0 Å². The summed E-state index contributed by atoms with van der Waals surface area (Å²) in [6.07, 6.45) is 0. The monoisotopic (exact) mass is 761 g/mol. The van der Waals surface area contributed by atoms with E-state index < -0.39 is 0 Å². The molecule has 0 saturated carbocycles. The highest BCUT2D eigenvalue weighted by Gasteiger charge is 2.23. The number of fused-ring (bicyclic) bond motifs is 6. The minimum atomic E-state index is 1.10. The van der Waals surface area contributed by atoms with Crippen LogP contribution >= 0.6 is 22.7 Å². The van der Waals surface area contributed by atoms with Gasteiger partial charge >= 0.3 is 0 Å². The van der Waals surface area contributed by atoms with E-state index in [9.17, 15) is 0 Å². The Labute approximate surface area is 340 Å². The van der Waals surface area contributed by atoms with Gasteiger partial charge in [0.05, 0.1) is 5.69 Å². The molecule has 0 fully saturated rings. The van der Waals surface area contributed by atoms with Crippen molar-refractivity contribution in [1.82, 2.24) is 0 Å². The van der Waals surface area contributed by atoms with Gasteiger partial charge in [-0.15, -0.1) is 22.7 Å². The molecule has 0 aliphatic carbocycles. The van der Waals surface area contributed by atoms with Crippen molar-refractivity contribution in [1.29, 1.82) is 0 Å². The second kappa shape index (κ2) is 14.1. The third-order valence-electron chi connectivity index (χ3n) is 11.1. The largest absolute Gasteiger partial charge is 0.310 e. The fourth-order valence-electron chi connectivity index (χ4n) is 8.52. The molecule has 0 saturated heterocycles. The van der Waals surface area contributed by atoms with Crippen LogP contribution in [0.2, 0.25) is 0 Å². The fraction of sp³-hybridized carbons (Fsp3) is 0. The number of hydrogen-bond acceptors (Lipinski definition) is 3. The first-order valence-corrected chi connectivity index (χ1v) is 21.0. The van der Waals surface area contributed by atoms with Crippen LogP contribution in [0, 0.1) is 0 Å². The maximum Gasteiger partial charge on any atom is 0.0546 e. The SMILES string of the molecule is c1ccc(-c2ccccc2-c2c(-c3ccccc3)cccc2N(c2ccc(-c3cccc4sc5ccccc5c34)cc2)c2ccc3c(c2)sc2ccccc23)cc1. The second-order valence-electron chi connectivity index (χ2n) is 14.4. The van der Waals surface area contributed by atoms with Crippen LogP contribution in [-0.2, 0) is 0 Å². The van der Waals surface area contributed by atoms with Gasteiger partial charge in [0.2, 0.25) is 0 Å². The maximum atomic E-state index is 2.47. The first-order valence-electron chi connectivity index (χ1n) is 19.3. The van der Waals surface area contributed by atoms with E-state index in [1.54, 1.807) is 0 Å². The summed E-state index contributed by atoms with van der Waals surface area (Å²) in [6, 6.07) is 77.7. The molecule has 11 aromatic rings. The molecule has 1 nitrogen and oxygen atoms in total. The lowest BCUT2D eigenvalue weighted by Gasteiger charge is -2.30. The summed E-state index contributed by atoms with van der Waals surface area (Å²) in [5.41, 5.74) is 13.0. The highest BCUT2D eigenvalue weighted by Crippen LogP contribution is 2.49. The summed E-state index contributed by atoms with van der Waals surface area (Å²) in [5, 5.41) is 5.24. The number of nitrogens with zero attached hydrogens (tertiary/aromatic N) is 1.